The highest BCUT2D eigenvalue weighted by Gasteiger charge is 2.30. The molecule has 0 spiro atoms. The Morgan fingerprint density at radius 1 is 1.47 bits per heavy atom. The van der Waals surface area contributed by atoms with E-state index in [-0.39, 0.29) is 17.3 Å². The van der Waals surface area contributed by atoms with Crippen LogP contribution in [0.25, 0.3) is 0 Å². The van der Waals surface area contributed by atoms with Gasteiger partial charge in [0.1, 0.15) is 0 Å². The third kappa shape index (κ3) is 2.82. The second-order valence-corrected chi connectivity index (χ2v) is 4.69. The lowest BCUT2D eigenvalue weighted by atomic mass is 9.80. The van der Waals surface area contributed by atoms with E-state index < -0.39 is 0 Å². The smallest absolute Gasteiger partial charge is 0.292 e. The van der Waals surface area contributed by atoms with Gasteiger partial charge in [-0.25, -0.2) is 0 Å². The molecule has 0 bridgehead atoms. The van der Waals surface area contributed by atoms with Crippen LogP contribution in [-0.4, -0.2) is 28.6 Å². The number of hydrogen-bond donors (Lipinski definition) is 2. The first-order valence-corrected chi connectivity index (χ1v) is 5.96. The van der Waals surface area contributed by atoms with E-state index in [9.17, 15) is 4.79 Å². The van der Waals surface area contributed by atoms with Crippen LogP contribution in [0.5, 0.6) is 0 Å². The molecule has 6 heteroatoms. The number of nitrogens with one attached hydrogen (secondary N) is 1. The van der Waals surface area contributed by atoms with Crippen LogP contribution in [0.2, 0.25) is 0 Å². The van der Waals surface area contributed by atoms with E-state index in [0.29, 0.717) is 12.3 Å². The lowest BCUT2D eigenvalue weighted by Gasteiger charge is -2.31. The topological polar surface area (TPSA) is 94.0 Å². The van der Waals surface area contributed by atoms with Crippen molar-refractivity contribution in [1.29, 1.82) is 0 Å². The molecule has 0 radical (unpaired) electrons. The van der Waals surface area contributed by atoms with E-state index in [0.717, 1.165) is 25.7 Å². The second kappa shape index (κ2) is 4.83. The zero-order valence-electron chi connectivity index (χ0n) is 10.0. The Labute approximate surface area is 99.9 Å². The largest absolute Gasteiger partial charge is 0.352 e. The fourth-order valence-corrected chi connectivity index (χ4v) is 2.26. The highest BCUT2D eigenvalue weighted by Crippen LogP contribution is 2.28. The Morgan fingerprint density at radius 3 is 2.82 bits per heavy atom. The zero-order chi connectivity index (χ0) is 12.3. The molecule has 1 aliphatic carbocycles. The van der Waals surface area contributed by atoms with Gasteiger partial charge >= 0.3 is 0 Å². The predicted octanol–water partition coefficient (Wildman–Crippen LogP) is 0.633. The summed E-state index contributed by atoms with van der Waals surface area (Å²) in [6.07, 6.45) is 6.04. The molecule has 1 aromatic rings. The van der Waals surface area contributed by atoms with Gasteiger partial charge in [-0.05, 0) is 12.8 Å². The SMILES string of the molecule is CNC(=O)c1noc(CC2(N)CCCCC2)n1. The Bertz CT molecular complexity index is 396. The standard InChI is InChI=1S/C11H18N4O2/c1-13-10(16)9-14-8(17-15-9)7-11(12)5-3-2-4-6-11/h2-7,12H2,1H3,(H,13,16). The molecule has 3 N–H and O–H groups in total. The summed E-state index contributed by atoms with van der Waals surface area (Å²) in [5.41, 5.74) is 6.04. The van der Waals surface area contributed by atoms with Gasteiger partial charge in [-0.15, -0.1) is 0 Å². The van der Waals surface area contributed by atoms with Gasteiger partial charge in [-0.2, -0.15) is 4.98 Å². The maximum absolute atomic E-state index is 11.3. The summed E-state index contributed by atoms with van der Waals surface area (Å²) in [7, 11) is 1.53. The summed E-state index contributed by atoms with van der Waals surface area (Å²) in [6, 6.07) is 0. The van der Waals surface area contributed by atoms with Gasteiger partial charge in [0, 0.05) is 19.0 Å². The van der Waals surface area contributed by atoms with Gasteiger partial charge in [-0.1, -0.05) is 24.4 Å². The number of nitrogens with zero attached hydrogens (tertiary/aromatic N) is 2. The van der Waals surface area contributed by atoms with Crippen LogP contribution in [-0.2, 0) is 6.42 Å². The fraction of sp³-hybridized carbons (Fsp3) is 0.727. The molecule has 94 valence electrons. The maximum Gasteiger partial charge on any atom is 0.292 e. The molecule has 1 saturated carbocycles. The lowest BCUT2D eigenvalue weighted by molar-refractivity contribution is 0.0950. The highest BCUT2D eigenvalue weighted by atomic mass is 16.5. The first kappa shape index (κ1) is 12.0. The van der Waals surface area contributed by atoms with Gasteiger partial charge in [0.05, 0.1) is 0 Å². The molecular weight excluding hydrogens is 220 g/mol. The molecule has 0 aliphatic heterocycles. The maximum atomic E-state index is 11.3. The van der Waals surface area contributed by atoms with Crippen molar-refractivity contribution in [3.63, 3.8) is 0 Å². The normalized spacial score (nSPS) is 18.9. The lowest BCUT2D eigenvalue weighted by Crippen LogP contribution is -2.43. The Morgan fingerprint density at radius 2 is 2.18 bits per heavy atom. The minimum Gasteiger partial charge on any atom is -0.352 e. The average molecular weight is 238 g/mol. The molecule has 0 aromatic carbocycles. The van der Waals surface area contributed by atoms with E-state index in [1.807, 2.05) is 0 Å². The van der Waals surface area contributed by atoms with Crippen molar-refractivity contribution >= 4 is 5.91 Å². The van der Waals surface area contributed by atoms with Crippen LogP contribution in [0.15, 0.2) is 4.52 Å². The van der Waals surface area contributed by atoms with Crippen molar-refractivity contribution in [3.8, 4) is 0 Å². The molecule has 2 rings (SSSR count). The van der Waals surface area contributed by atoms with Crippen molar-refractivity contribution in [2.24, 2.45) is 5.73 Å². The van der Waals surface area contributed by atoms with Crippen LogP contribution < -0.4 is 11.1 Å². The van der Waals surface area contributed by atoms with Gasteiger partial charge in [0.15, 0.2) is 0 Å². The first-order valence-electron chi connectivity index (χ1n) is 5.96. The average Bonchev–Trinajstić information content (AvgIpc) is 2.76. The summed E-state index contributed by atoms with van der Waals surface area (Å²) in [5, 5.41) is 6.08. The molecule has 0 saturated heterocycles. The van der Waals surface area contributed by atoms with Crippen LogP contribution in [0, 0.1) is 0 Å². The number of hydrogen-bond acceptors (Lipinski definition) is 5. The van der Waals surface area contributed by atoms with Gasteiger partial charge in [0.25, 0.3) is 11.7 Å². The van der Waals surface area contributed by atoms with E-state index >= 15 is 0 Å². The number of rotatable bonds is 3. The van der Waals surface area contributed by atoms with E-state index in [4.69, 9.17) is 10.3 Å². The summed E-state index contributed by atoms with van der Waals surface area (Å²) in [6.45, 7) is 0. The van der Waals surface area contributed by atoms with Crippen LogP contribution >= 0.6 is 0 Å². The number of amides is 1. The summed E-state index contributed by atoms with van der Waals surface area (Å²) >= 11 is 0. The molecule has 1 aliphatic rings. The third-order valence-corrected chi connectivity index (χ3v) is 3.25. The molecule has 17 heavy (non-hydrogen) atoms. The summed E-state index contributed by atoms with van der Waals surface area (Å²) in [5.74, 6) is 0.185. The molecule has 1 fully saturated rings. The van der Waals surface area contributed by atoms with Crippen LogP contribution in [0.4, 0.5) is 0 Å². The molecule has 1 amide bonds. The highest BCUT2D eigenvalue weighted by molar-refractivity contribution is 5.89. The predicted molar refractivity (Wildman–Crippen MR) is 61.4 cm³/mol. The van der Waals surface area contributed by atoms with E-state index in [2.05, 4.69) is 15.5 Å². The Balaban J connectivity index is 2.03. The van der Waals surface area contributed by atoms with Crippen molar-refractivity contribution in [1.82, 2.24) is 15.5 Å². The minimum atomic E-state index is -0.338. The van der Waals surface area contributed by atoms with Crippen molar-refractivity contribution in [3.05, 3.63) is 11.7 Å². The second-order valence-electron chi connectivity index (χ2n) is 4.69. The molecule has 0 atom stereocenters. The van der Waals surface area contributed by atoms with Crippen molar-refractivity contribution < 1.29 is 9.32 Å². The van der Waals surface area contributed by atoms with E-state index in [1.54, 1.807) is 0 Å². The summed E-state index contributed by atoms with van der Waals surface area (Å²) in [4.78, 5) is 15.3. The minimum absolute atomic E-state index is 0.0712. The first-order chi connectivity index (χ1) is 8.13. The number of aromatic nitrogens is 2. The molecular formula is C11H18N4O2. The number of carbonyl (C=O) groups excluding carboxylic acids is 1. The Kier molecular flexibility index (Phi) is 3.42. The molecule has 6 nitrogen and oxygen atoms in total. The molecule has 1 aromatic heterocycles. The molecule has 0 unspecified atom stereocenters. The van der Waals surface area contributed by atoms with Gasteiger partial charge in [0.2, 0.25) is 5.89 Å². The van der Waals surface area contributed by atoms with Crippen molar-refractivity contribution in [2.45, 2.75) is 44.1 Å². The number of nitrogens with two attached hydrogens (primary N) is 1. The summed E-state index contributed by atoms with van der Waals surface area (Å²) < 4.78 is 5.05. The van der Waals surface area contributed by atoms with Gasteiger partial charge < -0.3 is 15.6 Å². The Hall–Kier alpha value is -1.43. The quantitative estimate of drug-likeness (QED) is 0.805. The number of carbonyl (C=O) groups is 1. The zero-order valence-corrected chi connectivity index (χ0v) is 10.0. The third-order valence-electron chi connectivity index (χ3n) is 3.25. The van der Waals surface area contributed by atoms with Crippen LogP contribution in [0.3, 0.4) is 0 Å². The van der Waals surface area contributed by atoms with Gasteiger partial charge in [-0.3, -0.25) is 4.79 Å². The molecule has 1 heterocycles. The van der Waals surface area contributed by atoms with Crippen molar-refractivity contribution in [2.75, 3.05) is 7.05 Å². The van der Waals surface area contributed by atoms with Crippen LogP contribution in [0.1, 0.15) is 48.6 Å². The van der Waals surface area contributed by atoms with E-state index in [1.165, 1.54) is 13.5 Å². The monoisotopic (exact) mass is 238 g/mol. The fourth-order valence-electron chi connectivity index (χ4n) is 2.26.